The quantitative estimate of drug-likeness (QED) is 0.782. The Morgan fingerprint density at radius 1 is 1.14 bits per heavy atom. The van der Waals surface area contributed by atoms with Crippen LogP contribution < -0.4 is 4.90 Å². The molecule has 0 heterocycles. The normalized spacial score (nSPS) is 13.5. The van der Waals surface area contributed by atoms with Gasteiger partial charge in [-0.25, -0.2) is 4.39 Å². The predicted octanol–water partition coefficient (Wildman–Crippen LogP) is 3.59. The molecule has 21 heavy (non-hydrogen) atoms. The van der Waals surface area contributed by atoms with Crippen LogP contribution in [0.2, 0.25) is 0 Å². The van der Waals surface area contributed by atoms with E-state index in [9.17, 15) is 9.18 Å². The molecule has 1 atom stereocenters. The van der Waals surface area contributed by atoms with Gasteiger partial charge in [-0.05, 0) is 48.7 Å². The Hall–Kier alpha value is -2.16. The lowest BCUT2D eigenvalue weighted by Gasteiger charge is -2.24. The van der Waals surface area contributed by atoms with Gasteiger partial charge >= 0.3 is 0 Å². The third-order valence-corrected chi connectivity index (χ3v) is 3.77. The highest BCUT2D eigenvalue weighted by atomic mass is 19.1. The Bertz CT molecular complexity index is 621. The van der Waals surface area contributed by atoms with E-state index in [2.05, 4.69) is 0 Å². The highest BCUT2D eigenvalue weighted by molar-refractivity contribution is 5.68. The van der Waals surface area contributed by atoms with Gasteiger partial charge in [-0.2, -0.15) is 0 Å². The summed E-state index contributed by atoms with van der Waals surface area (Å²) >= 11 is 0. The number of carbonyl (C=O) groups is 1. The molecule has 0 radical (unpaired) electrons. The lowest BCUT2D eigenvalue weighted by atomic mass is 9.78. The first-order valence-electron chi connectivity index (χ1n) is 6.93. The van der Waals surface area contributed by atoms with Crippen LogP contribution in [0.4, 0.5) is 10.1 Å². The molecule has 0 amide bonds. The summed E-state index contributed by atoms with van der Waals surface area (Å²) in [6, 6.07) is 14.3. The van der Waals surface area contributed by atoms with Gasteiger partial charge in [0.05, 0.1) is 5.41 Å². The number of benzene rings is 2. The van der Waals surface area contributed by atoms with Gasteiger partial charge < -0.3 is 9.69 Å². The number of aldehydes is 1. The van der Waals surface area contributed by atoms with Crippen LogP contribution >= 0.6 is 0 Å². The highest BCUT2D eigenvalue weighted by Gasteiger charge is 2.27. The fourth-order valence-corrected chi connectivity index (χ4v) is 2.39. The predicted molar refractivity (Wildman–Crippen MR) is 84.3 cm³/mol. The van der Waals surface area contributed by atoms with Crippen molar-refractivity contribution in [3.05, 3.63) is 65.5 Å². The van der Waals surface area contributed by atoms with Gasteiger partial charge in [-0.1, -0.05) is 24.3 Å². The molecule has 2 aromatic carbocycles. The van der Waals surface area contributed by atoms with Crippen molar-refractivity contribution < 1.29 is 9.18 Å². The van der Waals surface area contributed by atoms with E-state index >= 15 is 0 Å². The van der Waals surface area contributed by atoms with Gasteiger partial charge in [-0.3, -0.25) is 0 Å². The largest absolute Gasteiger partial charge is 0.378 e. The Morgan fingerprint density at radius 3 is 2.33 bits per heavy atom. The van der Waals surface area contributed by atoms with Crippen LogP contribution in [0.25, 0.3) is 0 Å². The van der Waals surface area contributed by atoms with E-state index in [1.807, 2.05) is 50.2 Å². The third kappa shape index (κ3) is 3.48. The number of halogens is 1. The summed E-state index contributed by atoms with van der Waals surface area (Å²) in [6.07, 6.45) is 1.45. The van der Waals surface area contributed by atoms with Crippen molar-refractivity contribution >= 4 is 12.0 Å². The minimum Gasteiger partial charge on any atom is -0.378 e. The van der Waals surface area contributed by atoms with E-state index in [0.29, 0.717) is 12.0 Å². The molecular formula is C18H20FNO. The Labute approximate surface area is 125 Å². The van der Waals surface area contributed by atoms with Crippen molar-refractivity contribution in [2.24, 2.45) is 0 Å². The standard InChI is InChI=1S/C18H20FNO/c1-18(13-21,15-5-4-6-16(19)11-15)12-14-7-9-17(10-8-14)20(2)3/h4-11,13H,12H2,1-3H3. The minimum atomic E-state index is -0.721. The van der Waals surface area contributed by atoms with Gasteiger partial charge in [0.15, 0.2) is 0 Å². The van der Waals surface area contributed by atoms with Gasteiger partial charge in [-0.15, -0.1) is 0 Å². The SMILES string of the molecule is CN(C)c1ccc(CC(C)(C=O)c2cccc(F)c2)cc1. The lowest BCUT2D eigenvalue weighted by Crippen LogP contribution is -2.27. The topological polar surface area (TPSA) is 20.3 Å². The Morgan fingerprint density at radius 2 is 1.81 bits per heavy atom. The molecule has 0 aliphatic heterocycles. The zero-order chi connectivity index (χ0) is 15.5. The minimum absolute atomic E-state index is 0.316. The molecule has 0 bridgehead atoms. The molecule has 0 spiro atoms. The first kappa shape index (κ1) is 15.2. The summed E-state index contributed by atoms with van der Waals surface area (Å²) in [5, 5.41) is 0. The average molecular weight is 285 g/mol. The number of nitrogens with zero attached hydrogens (tertiary/aromatic N) is 1. The van der Waals surface area contributed by atoms with Crippen molar-refractivity contribution in [2.75, 3.05) is 19.0 Å². The Balaban J connectivity index is 2.27. The van der Waals surface area contributed by atoms with Gasteiger partial charge in [0.1, 0.15) is 12.1 Å². The maximum absolute atomic E-state index is 13.4. The molecule has 2 rings (SSSR count). The highest BCUT2D eigenvalue weighted by Crippen LogP contribution is 2.27. The second kappa shape index (κ2) is 6.08. The van der Waals surface area contributed by atoms with Gasteiger partial charge in [0.25, 0.3) is 0 Å². The summed E-state index contributed by atoms with van der Waals surface area (Å²) in [4.78, 5) is 13.6. The molecule has 3 heteroatoms. The molecular weight excluding hydrogens is 265 g/mol. The maximum atomic E-state index is 13.4. The van der Waals surface area contributed by atoms with Crippen LogP contribution in [0, 0.1) is 5.82 Å². The number of anilines is 1. The van der Waals surface area contributed by atoms with Crippen LogP contribution in [0.3, 0.4) is 0 Å². The first-order chi connectivity index (χ1) is 9.94. The van der Waals surface area contributed by atoms with E-state index in [1.165, 1.54) is 12.1 Å². The van der Waals surface area contributed by atoms with Crippen LogP contribution in [0.15, 0.2) is 48.5 Å². The zero-order valence-corrected chi connectivity index (χ0v) is 12.6. The van der Waals surface area contributed by atoms with E-state index in [-0.39, 0.29) is 5.82 Å². The van der Waals surface area contributed by atoms with E-state index < -0.39 is 5.41 Å². The van der Waals surface area contributed by atoms with Crippen LogP contribution in [-0.2, 0) is 16.6 Å². The van der Waals surface area contributed by atoms with Crippen molar-refractivity contribution in [3.63, 3.8) is 0 Å². The molecule has 0 saturated heterocycles. The van der Waals surface area contributed by atoms with Crippen LogP contribution in [0.5, 0.6) is 0 Å². The molecule has 0 fully saturated rings. The van der Waals surface area contributed by atoms with Crippen molar-refractivity contribution in [3.8, 4) is 0 Å². The molecule has 2 aromatic rings. The third-order valence-electron chi connectivity index (χ3n) is 3.77. The smallest absolute Gasteiger partial charge is 0.130 e. The second-order valence-corrected chi connectivity index (χ2v) is 5.78. The lowest BCUT2D eigenvalue weighted by molar-refractivity contribution is -0.112. The summed E-state index contributed by atoms with van der Waals surface area (Å²) in [5.74, 6) is -0.316. The molecule has 110 valence electrons. The maximum Gasteiger partial charge on any atom is 0.130 e. The van der Waals surface area contributed by atoms with E-state index in [0.717, 1.165) is 17.5 Å². The zero-order valence-electron chi connectivity index (χ0n) is 12.6. The van der Waals surface area contributed by atoms with Crippen molar-refractivity contribution in [1.82, 2.24) is 0 Å². The van der Waals surface area contributed by atoms with Crippen molar-refractivity contribution in [2.45, 2.75) is 18.8 Å². The molecule has 1 unspecified atom stereocenters. The molecule has 0 aliphatic rings. The molecule has 0 N–H and O–H groups in total. The number of rotatable bonds is 5. The molecule has 0 aliphatic carbocycles. The fraction of sp³-hybridized carbons (Fsp3) is 0.278. The fourth-order valence-electron chi connectivity index (χ4n) is 2.39. The molecule has 2 nitrogen and oxygen atoms in total. The van der Waals surface area contributed by atoms with Gasteiger partial charge in [0.2, 0.25) is 0 Å². The molecule has 0 aromatic heterocycles. The van der Waals surface area contributed by atoms with Crippen molar-refractivity contribution in [1.29, 1.82) is 0 Å². The van der Waals surface area contributed by atoms with E-state index in [4.69, 9.17) is 0 Å². The summed E-state index contributed by atoms with van der Waals surface area (Å²) in [7, 11) is 3.97. The number of hydrogen-bond donors (Lipinski definition) is 0. The first-order valence-corrected chi connectivity index (χ1v) is 6.93. The average Bonchev–Trinajstić information content (AvgIpc) is 2.47. The monoisotopic (exact) mass is 285 g/mol. The van der Waals surface area contributed by atoms with E-state index in [1.54, 1.807) is 12.1 Å². The number of carbonyl (C=O) groups excluding carboxylic acids is 1. The Kier molecular flexibility index (Phi) is 4.41. The summed E-state index contributed by atoms with van der Waals surface area (Å²) in [5.41, 5.74) is 2.15. The summed E-state index contributed by atoms with van der Waals surface area (Å²) in [6.45, 7) is 1.84. The molecule has 0 saturated carbocycles. The summed E-state index contributed by atoms with van der Waals surface area (Å²) < 4.78 is 13.4. The van der Waals surface area contributed by atoms with Crippen LogP contribution in [0.1, 0.15) is 18.1 Å². The second-order valence-electron chi connectivity index (χ2n) is 5.78. The number of hydrogen-bond acceptors (Lipinski definition) is 2. The van der Waals surface area contributed by atoms with Gasteiger partial charge in [0, 0.05) is 19.8 Å². The van der Waals surface area contributed by atoms with Crippen LogP contribution in [-0.4, -0.2) is 20.4 Å².